The second kappa shape index (κ2) is 12.9. The van der Waals surface area contributed by atoms with Gasteiger partial charge in [-0.2, -0.15) is 0 Å². The molecule has 0 aliphatic heterocycles. The first-order valence-electron chi connectivity index (χ1n) is 9.50. The minimum atomic E-state index is -2.54. The van der Waals surface area contributed by atoms with Crippen LogP contribution < -0.4 is 10.6 Å². The zero-order valence-corrected chi connectivity index (χ0v) is 21.3. The summed E-state index contributed by atoms with van der Waals surface area (Å²) >= 11 is 0. The van der Waals surface area contributed by atoms with Crippen molar-refractivity contribution in [2.24, 2.45) is 0 Å². The third-order valence-corrected chi connectivity index (χ3v) is 7.51. The van der Waals surface area contributed by atoms with E-state index in [1.165, 1.54) is 0 Å². The molecule has 0 heterocycles. The molecule has 6 nitrogen and oxygen atoms in total. The number of para-hydroxylation sites is 1. The van der Waals surface area contributed by atoms with E-state index in [2.05, 4.69) is 29.3 Å². The van der Waals surface area contributed by atoms with Crippen LogP contribution in [0.15, 0.2) is 60.7 Å². The fourth-order valence-electron chi connectivity index (χ4n) is 2.94. The van der Waals surface area contributed by atoms with Crippen LogP contribution in [0.5, 0.6) is 0 Å². The lowest BCUT2D eigenvalue weighted by Gasteiger charge is -2.24. The number of rotatable bonds is 11. The number of carbonyl (C=O) groups excluding carboxylic acids is 1. The standard InChI is InChI=1S/C22H30N2O4Si.HI/c1-17(2)22(25)24-19-13-11-18(12-14-19)20-9-6-7-10-21(20)23-15-8-16-29(26-3,27-4)28-5;/h6-7,9-14,23H,1,8,15-16H2,2-5H3,(H,24,25);1H. The smallest absolute Gasteiger partial charge is 0.385 e. The summed E-state index contributed by atoms with van der Waals surface area (Å²) in [4.78, 5) is 11.8. The summed E-state index contributed by atoms with van der Waals surface area (Å²) in [5, 5.41) is 6.31. The Bertz CT molecular complexity index is 818. The van der Waals surface area contributed by atoms with E-state index < -0.39 is 8.80 Å². The van der Waals surface area contributed by atoms with Gasteiger partial charge in [0.1, 0.15) is 0 Å². The Kier molecular flexibility index (Phi) is 11.3. The molecule has 1 amide bonds. The van der Waals surface area contributed by atoms with Gasteiger partial charge in [-0.1, -0.05) is 36.9 Å². The van der Waals surface area contributed by atoms with E-state index in [1.807, 2.05) is 36.4 Å². The minimum Gasteiger partial charge on any atom is -0.385 e. The van der Waals surface area contributed by atoms with E-state index in [9.17, 15) is 4.79 Å². The minimum absolute atomic E-state index is 0. The zero-order chi connectivity index (χ0) is 21.3. The molecule has 0 fully saturated rings. The maximum absolute atomic E-state index is 11.8. The topological polar surface area (TPSA) is 68.8 Å². The molecule has 2 rings (SSSR count). The van der Waals surface area contributed by atoms with Gasteiger partial charge in [-0.05, 0) is 37.1 Å². The van der Waals surface area contributed by atoms with Crippen molar-refractivity contribution in [1.29, 1.82) is 0 Å². The fourth-order valence-corrected chi connectivity index (χ4v) is 4.67. The molecule has 30 heavy (non-hydrogen) atoms. The predicted octanol–water partition coefficient (Wildman–Crippen LogP) is 5.17. The van der Waals surface area contributed by atoms with Crippen molar-refractivity contribution in [3.05, 3.63) is 60.7 Å². The van der Waals surface area contributed by atoms with E-state index in [0.717, 1.165) is 41.5 Å². The van der Waals surface area contributed by atoms with Crippen LogP contribution in [-0.4, -0.2) is 42.6 Å². The summed E-state index contributed by atoms with van der Waals surface area (Å²) in [6.07, 6.45) is 0.863. The molecule has 0 atom stereocenters. The summed E-state index contributed by atoms with van der Waals surface area (Å²) in [5.74, 6) is -0.178. The van der Waals surface area contributed by atoms with Crippen molar-refractivity contribution in [3.8, 4) is 11.1 Å². The van der Waals surface area contributed by atoms with Crippen LogP contribution in [-0.2, 0) is 18.1 Å². The monoisotopic (exact) mass is 542 g/mol. The molecule has 0 radical (unpaired) electrons. The summed E-state index contributed by atoms with van der Waals surface area (Å²) in [6.45, 7) is 6.11. The van der Waals surface area contributed by atoms with Crippen LogP contribution >= 0.6 is 24.0 Å². The lowest BCUT2D eigenvalue weighted by molar-refractivity contribution is -0.112. The Morgan fingerprint density at radius 3 is 2.17 bits per heavy atom. The van der Waals surface area contributed by atoms with E-state index in [-0.39, 0.29) is 29.9 Å². The van der Waals surface area contributed by atoms with Gasteiger partial charge in [0, 0.05) is 56.4 Å². The van der Waals surface area contributed by atoms with Gasteiger partial charge in [0.25, 0.3) is 5.91 Å². The first-order valence-corrected chi connectivity index (χ1v) is 11.4. The average Bonchev–Trinajstić information content (AvgIpc) is 2.75. The van der Waals surface area contributed by atoms with Crippen molar-refractivity contribution < 1.29 is 18.1 Å². The van der Waals surface area contributed by atoms with Gasteiger partial charge < -0.3 is 23.9 Å². The summed E-state index contributed by atoms with van der Waals surface area (Å²) in [6, 6.07) is 16.7. The molecule has 0 aromatic heterocycles. The Morgan fingerprint density at radius 1 is 1.00 bits per heavy atom. The van der Waals surface area contributed by atoms with Gasteiger partial charge in [-0.25, -0.2) is 0 Å². The van der Waals surface area contributed by atoms with Gasteiger partial charge in [0.05, 0.1) is 0 Å². The molecular weight excluding hydrogens is 511 g/mol. The van der Waals surface area contributed by atoms with Gasteiger partial charge in [0.2, 0.25) is 0 Å². The highest BCUT2D eigenvalue weighted by atomic mass is 127. The Morgan fingerprint density at radius 2 is 1.60 bits per heavy atom. The van der Waals surface area contributed by atoms with E-state index >= 15 is 0 Å². The second-order valence-corrected chi connectivity index (χ2v) is 9.77. The quantitative estimate of drug-likeness (QED) is 0.178. The highest BCUT2D eigenvalue weighted by Crippen LogP contribution is 2.29. The predicted molar refractivity (Wildman–Crippen MR) is 135 cm³/mol. The fraction of sp³-hybridized carbons (Fsp3) is 0.318. The molecule has 2 aromatic carbocycles. The number of amides is 1. The normalized spacial score (nSPS) is 10.8. The molecule has 0 aliphatic rings. The first kappa shape index (κ1) is 26.3. The lowest BCUT2D eigenvalue weighted by atomic mass is 10.0. The van der Waals surface area contributed by atoms with Crippen LogP contribution in [0.4, 0.5) is 11.4 Å². The Balaban J connectivity index is 0.00000450. The number of hydrogen-bond donors (Lipinski definition) is 2. The van der Waals surface area contributed by atoms with Crippen LogP contribution in [0, 0.1) is 0 Å². The number of benzene rings is 2. The van der Waals surface area contributed by atoms with Gasteiger partial charge in [0.15, 0.2) is 0 Å². The van der Waals surface area contributed by atoms with E-state index in [1.54, 1.807) is 28.3 Å². The van der Waals surface area contributed by atoms with Crippen molar-refractivity contribution in [3.63, 3.8) is 0 Å². The number of nitrogens with one attached hydrogen (secondary N) is 2. The lowest BCUT2D eigenvalue weighted by Crippen LogP contribution is -2.42. The van der Waals surface area contributed by atoms with Crippen LogP contribution in [0.2, 0.25) is 6.04 Å². The molecule has 2 aromatic rings. The number of anilines is 2. The van der Waals surface area contributed by atoms with E-state index in [0.29, 0.717) is 5.57 Å². The summed E-state index contributed by atoms with van der Waals surface area (Å²) < 4.78 is 16.4. The number of halogens is 1. The molecule has 0 saturated carbocycles. The van der Waals surface area contributed by atoms with Gasteiger partial charge in [-0.15, -0.1) is 24.0 Å². The van der Waals surface area contributed by atoms with Crippen molar-refractivity contribution in [1.82, 2.24) is 0 Å². The molecular formula is C22H31IN2O4Si. The maximum Gasteiger partial charge on any atom is 0.500 e. The number of hydrogen-bond acceptors (Lipinski definition) is 5. The first-order chi connectivity index (χ1) is 13.9. The zero-order valence-electron chi connectivity index (χ0n) is 18.0. The van der Waals surface area contributed by atoms with Crippen molar-refractivity contribution >= 4 is 50.1 Å². The SMILES string of the molecule is C=C(C)C(=O)Nc1ccc(-c2ccccc2NCCC[Si](OC)(OC)OC)cc1.I. The molecule has 0 bridgehead atoms. The highest BCUT2D eigenvalue weighted by molar-refractivity contribution is 14.0. The molecule has 164 valence electrons. The Labute approximate surface area is 197 Å². The highest BCUT2D eigenvalue weighted by Gasteiger charge is 2.36. The number of carbonyl (C=O) groups is 1. The van der Waals surface area contributed by atoms with Crippen LogP contribution in [0.3, 0.4) is 0 Å². The molecule has 0 saturated heterocycles. The second-order valence-electron chi connectivity index (χ2n) is 6.68. The maximum atomic E-state index is 11.8. The van der Waals surface area contributed by atoms with Crippen LogP contribution in [0.25, 0.3) is 11.1 Å². The average molecular weight is 542 g/mol. The molecule has 0 aliphatic carbocycles. The van der Waals surface area contributed by atoms with Crippen molar-refractivity contribution in [2.75, 3.05) is 38.5 Å². The van der Waals surface area contributed by atoms with Crippen LogP contribution in [0.1, 0.15) is 13.3 Å². The Hall–Kier alpha value is -1.72. The molecule has 8 heteroatoms. The molecule has 2 N–H and O–H groups in total. The summed E-state index contributed by atoms with van der Waals surface area (Å²) in [7, 11) is 2.35. The largest absolute Gasteiger partial charge is 0.500 e. The molecule has 0 spiro atoms. The summed E-state index contributed by atoms with van der Waals surface area (Å²) in [5.41, 5.74) is 4.43. The van der Waals surface area contributed by atoms with E-state index in [4.69, 9.17) is 13.3 Å². The third-order valence-electron chi connectivity index (χ3n) is 4.68. The van der Waals surface area contributed by atoms with Crippen molar-refractivity contribution in [2.45, 2.75) is 19.4 Å². The van der Waals surface area contributed by atoms with Gasteiger partial charge in [-0.3, -0.25) is 4.79 Å². The molecule has 0 unspecified atom stereocenters. The van der Waals surface area contributed by atoms with Gasteiger partial charge >= 0.3 is 8.80 Å². The third kappa shape index (κ3) is 7.20.